The number of carbonyl (C=O) groups excluding carboxylic acids is 1. The minimum atomic E-state index is -0.293. The predicted molar refractivity (Wildman–Crippen MR) is 63.3 cm³/mol. The van der Waals surface area contributed by atoms with Crippen LogP contribution in [-0.2, 0) is 0 Å². The maximum absolute atomic E-state index is 12.2. The van der Waals surface area contributed by atoms with Crippen molar-refractivity contribution in [3.8, 4) is 6.07 Å². The van der Waals surface area contributed by atoms with E-state index in [1.54, 1.807) is 11.0 Å². The number of amides is 1. The topological polar surface area (TPSA) is 57.0 Å². The number of piperidine rings is 1. The molecule has 1 aliphatic rings. The van der Waals surface area contributed by atoms with E-state index in [4.69, 9.17) is 5.26 Å². The van der Waals surface area contributed by atoms with Gasteiger partial charge in [-0.2, -0.15) is 5.26 Å². The van der Waals surface area contributed by atoms with E-state index in [1.807, 2.05) is 19.1 Å². The number of nitrogens with zero attached hydrogens (tertiary/aromatic N) is 3. The van der Waals surface area contributed by atoms with Gasteiger partial charge in [-0.1, -0.05) is 6.07 Å². The van der Waals surface area contributed by atoms with Gasteiger partial charge in [-0.05, 0) is 38.3 Å². The zero-order valence-electron chi connectivity index (χ0n) is 9.89. The fourth-order valence-corrected chi connectivity index (χ4v) is 2.12. The fraction of sp³-hybridized carbons (Fsp3) is 0.462. The molecule has 1 saturated heterocycles. The van der Waals surface area contributed by atoms with Crippen LogP contribution in [0, 0.1) is 18.3 Å². The van der Waals surface area contributed by atoms with Crippen LogP contribution in [0.2, 0.25) is 0 Å². The van der Waals surface area contributed by atoms with Crippen LogP contribution in [0.5, 0.6) is 0 Å². The molecule has 0 aromatic carbocycles. The summed E-state index contributed by atoms with van der Waals surface area (Å²) in [6, 6.07) is 7.29. The van der Waals surface area contributed by atoms with Crippen LogP contribution in [0.3, 0.4) is 0 Å². The molecule has 4 heteroatoms. The molecule has 1 fully saturated rings. The molecule has 1 aromatic rings. The van der Waals surface area contributed by atoms with Crippen molar-refractivity contribution in [3.05, 3.63) is 29.6 Å². The van der Waals surface area contributed by atoms with Gasteiger partial charge in [-0.25, -0.2) is 4.98 Å². The second-order valence-electron chi connectivity index (χ2n) is 4.30. The van der Waals surface area contributed by atoms with Crippen LogP contribution in [0.1, 0.15) is 35.4 Å². The highest BCUT2D eigenvalue weighted by molar-refractivity contribution is 5.92. The molecule has 4 nitrogen and oxygen atoms in total. The van der Waals surface area contributed by atoms with Crippen molar-refractivity contribution >= 4 is 5.91 Å². The van der Waals surface area contributed by atoms with E-state index in [1.165, 1.54) is 0 Å². The van der Waals surface area contributed by atoms with Crippen molar-refractivity contribution in [2.24, 2.45) is 0 Å². The number of aromatic nitrogens is 1. The van der Waals surface area contributed by atoms with Gasteiger partial charge in [0.05, 0.1) is 6.07 Å². The Morgan fingerprint density at radius 1 is 1.53 bits per heavy atom. The molecular formula is C13H15N3O. The fourth-order valence-electron chi connectivity index (χ4n) is 2.12. The number of hydrogen-bond acceptors (Lipinski definition) is 3. The summed E-state index contributed by atoms with van der Waals surface area (Å²) in [6.07, 6.45) is 2.76. The third-order valence-corrected chi connectivity index (χ3v) is 3.02. The van der Waals surface area contributed by atoms with E-state index in [9.17, 15) is 4.79 Å². The molecule has 1 unspecified atom stereocenters. The lowest BCUT2D eigenvalue weighted by Crippen LogP contribution is -2.43. The zero-order valence-corrected chi connectivity index (χ0v) is 9.89. The lowest BCUT2D eigenvalue weighted by Gasteiger charge is -2.31. The molecule has 1 aliphatic heterocycles. The highest BCUT2D eigenvalue weighted by Crippen LogP contribution is 2.18. The molecule has 0 bridgehead atoms. The minimum absolute atomic E-state index is 0.125. The molecule has 1 amide bonds. The summed E-state index contributed by atoms with van der Waals surface area (Å²) in [4.78, 5) is 18.1. The maximum atomic E-state index is 12.2. The first-order valence-electron chi connectivity index (χ1n) is 5.86. The first-order valence-corrected chi connectivity index (χ1v) is 5.86. The third kappa shape index (κ3) is 2.44. The van der Waals surface area contributed by atoms with Crippen molar-refractivity contribution in [2.45, 2.75) is 32.2 Å². The van der Waals surface area contributed by atoms with Gasteiger partial charge in [0.15, 0.2) is 0 Å². The van der Waals surface area contributed by atoms with Crippen LogP contribution in [-0.4, -0.2) is 28.4 Å². The van der Waals surface area contributed by atoms with E-state index < -0.39 is 0 Å². The van der Waals surface area contributed by atoms with Crippen LogP contribution >= 0.6 is 0 Å². The second-order valence-corrected chi connectivity index (χ2v) is 4.30. The number of likely N-dealkylation sites (tertiary alicyclic amines) is 1. The SMILES string of the molecule is Cc1cccc(C(=O)N2CCCCC2C#N)n1. The van der Waals surface area contributed by atoms with Crippen molar-refractivity contribution in [1.82, 2.24) is 9.88 Å². The van der Waals surface area contributed by atoms with Crippen LogP contribution in [0.25, 0.3) is 0 Å². The molecule has 0 saturated carbocycles. The molecule has 0 N–H and O–H groups in total. The van der Waals surface area contributed by atoms with Gasteiger partial charge in [0.2, 0.25) is 0 Å². The highest BCUT2D eigenvalue weighted by Gasteiger charge is 2.27. The van der Waals surface area contributed by atoms with Crippen molar-refractivity contribution < 1.29 is 4.79 Å². The van der Waals surface area contributed by atoms with Gasteiger partial charge in [0.1, 0.15) is 11.7 Å². The Balaban J connectivity index is 2.22. The summed E-state index contributed by atoms with van der Waals surface area (Å²) in [5, 5.41) is 9.05. The molecule has 0 radical (unpaired) electrons. The largest absolute Gasteiger partial charge is 0.321 e. The monoisotopic (exact) mass is 229 g/mol. The molecule has 1 aromatic heterocycles. The summed E-state index contributed by atoms with van der Waals surface area (Å²) < 4.78 is 0. The Hall–Kier alpha value is -1.89. The number of pyridine rings is 1. The van der Waals surface area contributed by atoms with Gasteiger partial charge in [0.25, 0.3) is 5.91 Å². The summed E-state index contributed by atoms with van der Waals surface area (Å²) in [6.45, 7) is 2.52. The molecule has 0 spiro atoms. The average molecular weight is 229 g/mol. The standard InChI is InChI=1S/C13H15N3O/c1-10-5-4-7-12(15-10)13(17)16-8-3-2-6-11(16)9-14/h4-5,7,11H,2-3,6,8H2,1H3. The number of hydrogen-bond donors (Lipinski definition) is 0. The predicted octanol–water partition coefficient (Wildman–Crippen LogP) is 1.91. The van der Waals surface area contributed by atoms with E-state index >= 15 is 0 Å². The van der Waals surface area contributed by atoms with Crippen molar-refractivity contribution in [2.75, 3.05) is 6.54 Å². The number of aryl methyl sites for hydroxylation is 1. The first kappa shape index (κ1) is 11.6. The number of nitriles is 1. The Morgan fingerprint density at radius 3 is 3.06 bits per heavy atom. The highest BCUT2D eigenvalue weighted by atomic mass is 16.2. The van der Waals surface area contributed by atoms with Gasteiger partial charge < -0.3 is 4.90 Å². The molecule has 0 aliphatic carbocycles. The van der Waals surface area contributed by atoms with Gasteiger partial charge in [0, 0.05) is 12.2 Å². The van der Waals surface area contributed by atoms with Gasteiger partial charge >= 0.3 is 0 Å². The summed E-state index contributed by atoms with van der Waals surface area (Å²) in [5.74, 6) is -0.125. The summed E-state index contributed by atoms with van der Waals surface area (Å²) in [7, 11) is 0. The van der Waals surface area contributed by atoms with Gasteiger partial charge in [-0.3, -0.25) is 4.79 Å². The molecule has 1 atom stereocenters. The van der Waals surface area contributed by atoms with Crippen LogP contribution in [0.15, 0.2) is 18.2 Å². The molecular weight excluding hydrogens is 214 g/mol. The maximum Gasteiger partial charge on any atom is 0.273 e. The second kappa shape index (κ2) is 4.96. The Morgan fingerprint density at radius 2 is 2.35 bits per heavy atom. The molecule has 88 valence electrons. The van der Waals surface area contributed by atoms with E-state index in [0.29, 0.717) is 12.2 Å². The van der Waals surface area contributed by atoms with Crippen LogP contribution < -0.4 is 0 Å². The molecule has 2 heterocycles. The Kier molecular flexibility index (Phi) is 3.38. The van der Waals surface area contributed by atoms with E-state index in [0.717, 1.165) is 25.0 Å². The quantitative estimate of drug-likeness (QED) is 0.739. The van der Waals surface area contributed by atoms with E-state index in [-0.39, 0.29) is 11.9 Å². The lowest BCUT2D eigenvalue weighted by molar-refractivity contribution is 0.0664. The van der Waals surface area contributed by atoms with Crippen LogP contribution in [0.4, 0.5) is 0 Å². The minimum Gasteiger partial charge on any atom is -0.321 e. The smallest absolute Gasteiger partial charge is 0.273 e. The van der Waals surface area contributed by atoms with Gasteiger partial charge in [-0.15, -0.1) is 0 Å². The molecule has 17 heavy (non-hydrogen) atoms. The van der Waals surface area contributed by atoms with Crippen molar-refractivity contribution in [3.63, 3.8) is 0 Å². The zero-order chi connectivity index (χ0) is 12.3. The van der Waals surface area contributed by atoms with E-state index in [2.05, 4.69) is 11.1 Å². The molecule has 2 rings (SSSR count). The number of rotatable bonds is 1. The third-order valence-electron chi connectivity index (χ3n) is 3.02. The Bertz CT molecular complexity index is 464. The van der Waals surface area contributed by atoms with Crippen molar-refractivity contribution in [1.29, 1.82) is 5.26 Å². The summed E-state index contributed by atoms with van der Waals surface area (Å²) in [5.41, 5.74) is 1.26. The first-order chi connectivity index (χ1) is 8.22. The summed E-state index contributed by atoms with van der Waals surface area (Å²) >= 11 is 0. The average Bonchev–Trinajstić information content (AvgIpc) is 2.38. The Labute approximate surface area is 101 Å². The normalized spacial score (nSPS) is 19.8. The number of carbonyl (C=O) groups is 1. The lowest BCUT2D eigenvalue weighted by atomic mass is 10.0.